The first-order chi connectivity index (χ1) is 21.6. The Kier molecular flexibility index (Phi) is 6.78. The highest BCUT2D eigenvalue weighted by Crippen LogP contribution is 2.57. The molecule has 8 rings (SSSR count). The van der Waals surface area contributed by atoms with Gasteiger partial charge in [-0.2, -0.15) is 0 Å². The lowest BCUT2D eigenvalue weighted by Crippen LogP contribution is -2.25. The zero-order valence-corrected chi connectivity index (χ0v) is 25.8. The van der Waals surface area contributed by atoms with E-state index < -0.39 is 0 Å². The van der Waals surface area contributed by atoms with Crippen LogP contribution in [0.2, 0.25) is 0 Å². The van der Waals surface area contributed by atoms with Gasteiger partial charge in [-0.15, -0.1) is 0 Å². The van der Waals surface area contributed by atoms with E-state index in [0.717, 1.165) is 43.3 Å². The highest BCUT2D eigenvalue weighted by molar-refractivity contribution is 6.08. The van der Waals surface area contributed by atoms with E-state index in [9.17, 15) is 0 Å². The molecule has 0 bridgehead atoms. The molecule has 1 heteroatoms. The Bertz CT molecular complexity index is 1960. The van der Waals surface area contributed by atoms with Crippen molar-refractivity contribution < 1.29 is 4.42 Å². The average molecular weight is 573 g/mol. The fourth-order valence-electron chi connectivity index (χ4n) is 8.25. The van der Waals surface area contributed by atoms with Gasteiger partial charge in [0.2, 0.25) is 0 Å². The van der Waals surface area contributed by atoms with Gasteiger partial charge in [0.15, 0.2) is 0 Å². The molecule has 4 aliphatic rings. The summed E-state index contributed by atoms with van der Waals surface area (Å²) in [4.78, 5) is 0. The second-order valence-corrected chi connectivity index (χ2v) is 13.6. The first kappa shape index (κ1) is 27.2. The Morgan fingerprint density at radius 2 is 1.66 bits per heavy atom. The van der Waals surface area contributed by atoms with E-state index in [1.165, 1.54) is 33.0 Å². The molecule has 218 valence electrons. The number of furan rings is 1. The minimum atomic E-state index is 0.192. The first-order valence-electron chi connectivity index (χ1n) is 16.3. The van der Waals surface area contributed by atoms with Crippen LogP contribution in [0.5, 0.6) is 0 Å². The quantitative estimate of drug-likeness (QED) is 0.209. The Hall–Kier alpha value is -4.36. The van der Waals surface area contributed by atoms with Crippen LogP contribution >= 0.6 is 0 Å². The summed E-state index contributed by atoms with van der Waals surface area (Å²) >= 11 is 0. The van der Waals surface area contributed by atoms with Crippen molar-refractivity contribution in [2.24, 2.45) is 23.2 Å². The zero-order valence-electron chi connectivity index (χ0n) is 25.8. The normalized spacial score (nSPS) is 24.0. The molecule has 0 N–H and O–H groups in total. The number of allylic oxidation sites excluding steroid dienone is 14. The number of rotatable bonds is 6. The second kappa shape index (κ2) is 11.0. The van der Waals surface area contributed by atoms with Crippen molar-refractivity contribution >= 4 is 27.5 Å². The Balaban J connectivity index is 1.07. The van der Waals surface area contributed by atoms with Gasteiger partial charge in [0, 0.05) is 28.2 Å². The van der Waals surface area contributed by atoms with Gasteiger partial charge in [-0.3, -0.25) is 0 Å². The molecule has 0 saturated carbocycles. The predicted octanol–water partition coefficient (Wildman–Crippen LogP) is 11.5. The van der Waals surface area contributed by atoms with Crippen molar-refractivity contribution in [3.05, 3.63) is 161 Å². The molecule has 1 aromatic heterocycles. The molecule has 44 heavy (non-hydrogen) atoms. The van der Waals surface area contributed by atoms with Gasteiger partial charge in [-0.1, -0.05) is 152 Å². The largest absolute Gasteiger partial charge is 0.455 e. The third-order valence-corrected chi connectivity index (χ3v) is 10.7. The lowest BCUT2D eigenvalue weighted by Gasteiger charge is -2.33. The fourth-order valence-corrected chi connectivity index (χ4v) is 8.25. The van der Waals surface area contributed by atoms with Crippen LogP contribution in [0.15, 0.2) is 154 Å². The summed E-state index contributed by atoms with van der Waals surface area (Å²) in [5.41, 5.74) is 12.5. The van der Waals surface area contributed by atoms with Gasteiger partial charge in [0.1, 0.15) is 11.2 Å². The van der Waals surface area contributed by atoms with Crippen LogP contribution in [0.4, 0.5) is 0 Å². The highest BCUT2D eigenvalue weighted by atomic mass is 16.3. The number of hydrogen-bond acceptors (Lipinski definition) is 1. The summed E-state index contributed by atoms with van der Waals surface area (Å²) in [6.07, 6.45) is 26.9. The third kappa shape index (κ3) is 4.70. The molecule has 1 unspecified atom stereocenters. The number of benzene rings is 3. The number of fused-ring (bicyclic) bond motifs is 5. The van der Waals surface area contributed by atoms with Gasteiger partial charge in [0.25, 0.3) is 0 Å². The van der Waals surface area contributed by atoms with Crippen LogP contribution in [0.3, 0.4) is 0 Å². The molecular weight excluding hydrogens is 532 g/mol. The third-order valence-electron chi connectivity index (χ3n) is 10.7. The van der Waals surface area contributed by atoms with Gasteiger partial charge < -0.3 is 4.42 Å². The van der Waals surface area contributed by atoms with Crippen molar-refractivity contribution in [3.8, 4) is 0 Å². The summed E-state index contributed by atoms with van der Waals surface area (Å²) in [5.74, 6) is 1.55. The maximum absolute atomic E-state index is 6.35. The molecule has 0 aliphatic heterocycles. The monoisotopic (exact) mass is 572 g/mol. The van der Waals surface area contributed by atoms with Crippen LogP contribution in [0, 0.1) is 23.2 Å². The van der Waals surface area contributed by atoms with Crippen LogP contribution in [-0.2, 0) is 6.42 Å². The zero-order chi connectivity index (χ0) is 29.7. The van der Waals surface area contributed by atoms with Crippen molar-refractivity contribution in [3.63, 3.8) is 0 Å². The van der Waals surface area contributed by atoms with Gasteiger partial charge >= 0.3 is 0 Å². The Morgan fingerprint density at radius 1 is 0.841 bits per heavy atom. The average Bonchev–Trinajstić information content (AvgIpc) is 3.56. The highest BCUT2D eigenvalue weighted by Gasteiger charge is 2.46. The summed E-state index contributed by atoms with van der Waals surface area (Å²) in [7, 11) is 0. The summed E-state index contributed by atoms with van der Waals surface area (Å²) in [6.45, 7) is 4.94. The van der Waals surface area contributed by atoms with Crippen LogP contribution in [0.1, 0.15) is 50.7 Å². The molecule has 0 saturated heterocycles. The minimum absolute atomic E-state index is 0.192. The van der Waals surface area contributed by atoms with Gasteiger partial charge in [0.05, 0.1) is 0 Å². The predicted molar refractivity (Wildman–Crippen MR) is 185 cm³/mol. The SMILES string of the molecule is CC1(C)C2=C(C=C[C@@H](/C(=C/CC3=CC=C(c4cccc5c4oc4ccccc45)CC3)Cc3ccccc3)C2)C2C=CC=C[C@@H]21. The van der Waals surface area contributed by atoms with E-state index >= 15 is 0 Å². The van der Waals surface area contributed by atoms with E-state index in [1.807, 2.05) is 6.07 Å². The summed E-state index contributed by atoms with van der Waals surface area (Å²) < 4.78 is 6.35. The van der Waals surface area contributed by atoms with Crippen LogP contribution in [0.25, 0.3) is 27.5 Å². The van der Waals surface area contributed by atoms with E-state index in [4.69, 9.17) is 4.42 Å². The maximum Gasteiger partial charge on any atom is 0.142 e. The lowest BCUT2D eigenvalue weighted by atomic mass is 9.71. The van der Waals surface area contributed by atoms with Crippen molar-refractivity contribution in [2.75, 3.05) is 0 Å². The number of hydrogen-bond donors (Lipinski definition) is 0. The molecule has 0 radical (unpaired) electrons. The summed E-state index contributed by atoms with van der Waals surface area (Å²) in [6, 6.07) is 26.0. The smallest absolute Gasteiger partial charge is 0.142 e. The molecule has 1 heterocycles. The molecule has 1 nitrogen and oxygen atoms in total. The molecule has 0 spiro atoms. The topological polar surface area (TPSA) is 13.1 Å². The van der Waals surface area contributed by atoms with Crippen molar-refractivity contribution in [1.82, 2.24) is 0 Å². The first-order valence-corrected chi connectivity index (χ1v) is 16.3. The molecule has 4 aliphatic carbocycles. The van der Waals surface area contributed by atoms with Crippen molar-refractivity contribution in [2.45, 2.75) is 46.0 Å². The molecular formula is C43H40O. The second-order valence-electron chi connectivity index (χ2n) is 13.6. The number of para-hydroxylation sites is 2. The fraction of sp³-hybridized carbons (Fsp3) is 0.256. The summed E-state index contributed by atoms with van der Waals surface area (Å²) in [5, 5.41) is 2.40. The molecule has 0 amide bonds. The molecule has 3 atom stereocenters. The van der Waals surface area contributed by atoms with Crippen LogP contribution in [-0.4, -0.2) is 0 Å². The van der Waals surface area contributed by atoms with Gasteiger partial charge in [-0.25, -0.2) is 0 Å². The lowest BCUT2D eigenvalue weighted by molar-refractivity contribution is 0.306. The van der Waals surface area contributed by atoms with Crippen molar-refractivity contribution in [1.29, 1.82) is 0 Å². The van der Waals surface area contributed by atoms with E-state index in [2.05, 4.69) is 135 Å². The Morgan fingerprint density at radius 3 is 2.52 bits per heavy atom. The molecule has 3 aromatic carbocycles. The van der Waals surface area contributed by atoms with E-state index in [-0.39, 0.29) is 5.41 Å². The molecule has 4 aromatic rings. The van der Waals surface area contributed by atoms with Crippen LogP contribution < -0.4 is 0 Å². The minimum Gasteiger partial charge on any atom is -0.455 e. The van der Waals surface area contributed by atoms with E-state index in [1.54, 1.807) is 16.7 Å². The van der Waals surface area contributed by atoms with E-state index in [0.29, 0.717) is 17.8 Å². The maximum atomic E-state index is 6.35. The standard InChI is InChI=1S/C43H40O/c1-43(2)39-17-8-6-13-35(39)36-26-25-33(28-40(36)43)32(27-30-11-4-3-5-12-30)24-21-29-19-22-31(23-20-29)34-15-10-16-38-37-14-7-9-18-41(37)44-42(34)38/h3-19,22,24-26,33,35,39H,20-21,23,27-28H2,1-2H3/b32-24+/t33-,35?,39+/m1/s1. The van der Waals surface area contributed by atoms with Gasteiger partial charge in [-0.05, 0) is 66.2 Å². The molecule has 0 fully saturated rings. The Labute approximate surface area is 261 Å².